The van der Waals surface area contributed by atoms with E-state index in [1.807, 2.05) is 30.3 Å². The Balaban J connectivity index is 1.94. The number of hydrogen-bond donors (Lipinski definition) is 1. The van der Waals surface area contributed by atoms with Crippen LogP contribution in [-0.2, 0) is 0 Å². The normalized spacial score (nSPS) is 17.3. The van der Waals surface area contributed by atoms with Crippen molar-refractivity contribution < 1.29 is 0 Å². The molecule has 4 nitrogen and oxygen atoms in total. The Morgan fingerprint density at radius 3 is 2.69 bits per heavy atom. The maximum atomic E-state index is 6.20. The Bertz CT molecular complexity index is 473. The molecule has 1 saturated carbocycles. The van der Waals surface area contributed by atoms with Gasteiger partial charge in [-0.3, -0.25) is 0 Å². The van der Waals surface area contributed by atoms with Crippen molar-refractivity contribution in [2.45, 2.75) is 24.9 Å². The maximum absolute atomic E-state index is 6.20. The SMILES string of the molecule is N[C@@H](c1ccccc1)c1nncn1C1CC1. The maximum Gasteiger partial charge on any atom is 0.154 e. The van der Waals surface area contributed by atoms with Crippen LogP contribution in [0.25, 0.3) is 0 Å². The second-order valence-electron chi connectivity index (χ2n) is 4.22. The first-order chi connectivity index (χ1) is 7.86. The Kier molecular flexibility index (Phi) is 2.22. The number of benzene rings is 1. The van der Waals surface area contributed by atoms with E-state index in [1.54, 1.807) is 6.33 Å². The molecule has 0 unspecified atom stereocenters. The first kappa shape index (κ1) is 9.54. The highest BCUT2D eigenvalue weighted by Gasteiger charge is 2.28. The first-order valence-corrected chi connectivity index (χ1v) is 5.56. The van der Waals surface area contributed by atoms with Gasteiger partial charge in [-0.25, -0.2) is 0 Å². The summed E-state index contributed by atoms with van der Waals surface area (Å²) in [6, 6.07) is 10.4. The van der Waals surface area contributed by atoms with E-state index in [0.717, 1.165) is 11.4 Å². The minimum absolute atomic E-state index is 0.177. The lowest BCUT2D eigenvalue weighted by Gasteiger charge is -2.12. The fraction of sp³-hybridized carbons (Fsp3) is 0.333. The summed E-state index contributed by atoms with van der Waals surface area (Å²) in [5, 5.41) is 8.10. The highest BCUT2D eigenvalue weighted by Crippen LogP contribution is 2.36. The molecule has 3 rings (SSSR count). The quantitative estimate of drug-likeness (QED) is 0.845. The fourth-order valence-corrected chi connectivity index (χ4v) is 1.92. The average molecular weight is 214 g/mol. The summed E-state index contributed by atoms with van der Waals surface area (Å²) < 4.78 is 2.11. The topological polar surface area (TPSA) is 56.7 Å². The molecule has 1 atom stereocenters. The summed E-state index contributed by atoms with van der Waals surface area (Å²) in [6.45, 7) is 0. The van der Waals surface area contributed by atoms with Gasteiger partial charge in [-0.15, -0.1) is 10.2 Å². The lowest BCUT2D eigenvalue weighted by atomic mass is 10.1. The van der Waals surface area contributed by atoms with Crippen LogP contribution in [-0.4, -0.2) is 14.8 Å². The number of hydrogen-bond acceptors (Lipinski definition) is 3. The van der Waals surface area contributed by atoms with E-state index in [4.69, 9.17) is 5.73 Å². The molecular formula is C12H14N4. The van der Waals surface area contributed by atoms with Crippen molar-refractivity contribution in [2.75, 3.05) is 0 Å². The van der Waals surface area contributed by atoms with Gasteiger partial charge in [-0.2, -0.15) is 0 Å². The predicted molar refractivity (Wildman–Crippen MR) is 60.8 cm³/mol. The molecule has 0 aliphatic heterocycles. The lowest BCUT2D eigenvalue weighted by Crippen LogP contribution is -2.17. The van der Waals surface area contributed by atoms with Gasteiger partial charge in [-0.1, -0.05) is 30.3 Å². The Labute approximate surface area is 94.1 Å². The number of nitrogens with two attached hydrogens (primary N) is 1. The van der Waals surface area contributed by atoms with Crippen LogP contribution in [0.15, 0.2) is 36.7 Å². The molecule has 2 N–H and O–H groups in total. The van der Waals surface area contributed by atoms with Crippen LogP contribution in [0, 0.1) is 0 Å². The standard InChI is InChI=1S/C12H14N4/c13-11(9-4-2-1-3-5-9)12-15-14-8-16(12)10-6-7-10/h1-5,8,10-11H,6-7,13H2/t11-/m0/s1. The third kappa shape index (κ3) is 1.61. The molecule has 0 spiro atoms. The average Bonchev–Trinajstić information content (AvgIpc) is 3.07. The van der Waals surface area contributed by atoms with Gasteiger partial charge in [-0.05, 0) is 18.4 Å². The molecule has 0 radical (unpaired) electrons. The van der Waals surface area contributed by atoms with E-state index in [1.165, 1.54) is 12.8 Å². The van der Waals surface area contributed by atoms with E-state index < -0.39 is 0 Å². The smallest absolute Gasteiger partial charge is 0.154 e. The molecule has 2 aromatic rings. The van der Waals surface area contributed by atoms with Crippen molar-refractivity contribution in [1.29, 1.82) is 0 Å². The van der Waals surface area contributed by atoms with Gasteiger partial charge in [0.15, 0.2) is 5.82 Å². The van der Waals surface area contributed by atoms with Crippen LogP contribution in [0.3, 0.4) is 0 Å². The lowest BCUT2D eigenvalue weighted by molar-refractivity contribution is 0.643. The molecule has 0 saturated heterocycles. The Hall–Kier alpha value is -1.68. The molecule has 1 aliphatic rings. The monoisotopic (exact) mass is 214 g/mol. The molecule has 0 bridgehead atoms. The summed E-state index contributed by atoms with van der Waals surface area (Å²) in [5.74, 6) is 0.869. The molecule has 82 valence electrons. The van der Waals surface area contributed by atoms with Crippen LogP contribution in [0.4, 0.5) is 0 Å². The second kappa shape index (κ2) is 3.72. The number of rotatable bonds is 3. The zero-order valence-electron chi connectivity index (χ0n) is 8.95. The van der Waals surface area contributed by atoms with Gasteiger partial charge in [0.2, 0.25) is 0 Å². The van der Waals surface area contributed by atoms with E-state index in [0.29, 0.717) is 6.04 Å². The Morgan fingerprint density at radius 1 is 1.25 bits per heavy atom. The third-order valence-electron chi connectivity index (χ3n) is 2.98. The van der Waals surface area contributed by atoms with Crippen molar-refractivity contribution in [2.24, 2.45) is 5.73 Å². The van der Waals surface area contributed by atoms with Crippen molar-refractivity contribution in [3.8, 4) is 0 Å². The van der Waals surface area contributed by atoms with E-state index in [-0.39, 0.29) is 6.04 Å². The molecule has 1 aromatic carbocycles. The van der Waals surface area contributed by atoms with Crippen molar-refractivity contribution in [3.05, 3.63) is 48.0 Å². The van der Waals surface area contributed by atoms with Crippen molar-refractivity contribution in [1.82, 2.24) is 14.8 Å². The third-order valence-corrected chi connectivity index (χ3v) is 2.98. The summed E-state index contributed by atoms with van der Waals surface area (Å²) >= 11 is 0. The second-order valence-corrected chi connectivity index (χ2v) is 4.22. The van der Waals surface area contributed by atoms with E-state index in [9.17, 15) is 0 Å². The molecule has 1 aliphatic carbocycles. The first-order valence-electron chi connectivity index (χ1n) is 5.56. The number of aromatic nitrogens is 3. The van der Waals surface area contributed by atoms with Crippen molar-refractivity contribution in [3.63, 3.8) is 0 Å². The molecule has 0 amide bonds. The van der Waals surface area contributed by atoms with Gasteiger partial charge < -0.3 is 10.3 Å². The zero-order valence-corrected chi connectivity index (χ0v) is 8.95. The van der Waals surface area contributed by atoms with Gasteiger partial charge >= 0.3 is 0 Å². The summed E-state index contributed by atoms with van der Waals surface area (Å²) in [5.41, 5.74) is 7.28. The molecule has 4 heteroatoms. The zero-order chi connectivity index (χ0) is 11.0. The molecular weight excluding hydrogens is 200 g/mol. The molecule has 1 aromatic heterocycles. The van der Waals surface area contributed by atoms with Crippen LogP contribution in [0.5, 0.6) is 0 Å². The summed E-state index contributed by atoms with van der Waals surface area (Å²) in [6.07, 6.45) is 4.22. The minimum Gasteiger partial charge on any atom is -0.318 e. The highest BCUT2D eigenvalue weighted by molar-refractivity contribution is 5.24. The van der Waals surface area contributed by atoms with Crippen molar-refractivity contribution >= 4 is 0 Å². The van der Waals surface area contributed by atoms with Crippen LogP contribution in [0.2, 0.25) is 0 Å². The summed E-state index contributed by atoms with van der Waals surface area (Å²) in [4.78, 5) is 0. The van der Waals surface area contributed by atoms with E-state index >= 15 is 0 Å². The molecule has 1 heterocycles. The van der Waals surface area contributed by atoms with Gasteiger partial charge in [0.25, 0.3) is 0 Å². The molecule has 16 heavy (non-hydrogen) atoms. The van der Waals surface area contributed by atoms with E-state index in [2.05, 4.69) is 14.8 Å². The highest BCUT2D eigenvalue weighted by atomic mass is 15.3. The largest absolute Gasteiger partial charge is 0.318 e. The van der Waals surface area contributed by atoms with Gasteiger partial charge in [0.05, 0.1) is 6.04 Å². The van der Waals surface area contributed by atoms with Crippen LogP contribution < -0.4 is 5.73 Å². The van der Waals surface area contributed by atoms with Crippen LogP contribution >= 0.6 is 0 Å². The predicted octanol–water partition coefficient (Wildman–Crippen LogP) is 1.66. The van der Waals surface area contributed by atoms with Crippen LogP contribution in [0.1, 0.15) is 36.3 Å². The number of nitrogens with zero attached hydrogens (tertiary/aromatic N) is 3. The molecule has 1 fully saturated rings. The minimum atomic E-state index is -0.177. The fourth-order valence-electron chi connectivity index (χ4n) is 1.92. The summed E-state index contributed by atoms with van der Waals surface area (Å²) in [7, 11) is 0. The Morgan fingerprint density at radius 2 is 2.00 bits per heavy atom. The van der Waals surface area contributed by atoms with Gasteiger partial charge in [0.1, 0.15) is 6.33 Å². The van der Waals surface area contributed by atoms with Gasteiger partial charge in [0, 0.05) is 6.04 Å².